The van der Waals surface area contributed by atoms with Crippen LogP contribution in [0.3, 0.4) is 0 Å². The zero-order valence-corrected chi connectivity index (χ0v) is 23.1. The number of hydrogen-bond donors (Lipinski definition) is 2. The molecule has 4 aromatic carbocycles. The molecule has 0 fully saturated rings. The first-order valence-electron chi connectivity index (χ1n) is 13.5. The lowest BCUT2D eigenvalue weighted by molar-refractivity contribution is -0.138. The number of amides is 1. The predicted molar refractivity (Wildman–Crippen MR) is 161 cm³/mol. The molecule has 1 aliphatic heterocycles. The molecule has 0 aliphatic carbocycles. The number of hydrogen-bond acceptors (Lipinski definition) is 4. The number of pyridine rings is 1. The largest absolute Gasteiger partial charge is 0.416 e. The van der Waals surface area contributed by atoms with Crippen molar-refractivity contribution in [1.29, 1.82) is 0 Å². The first-order chi connectivity index (χ1) is 20.3. The highest BCUT2D eigenvalue weighted by molar-refractivity contribution is 6.30. The van der Waals surface area contributed by atoms with E-state index in [2.05, 4.69) is 15.6 Å². The SMILES string of the molecule is O=C(NCc1cccc2ccccc12)c1cccc(-c2cnc3c(c2)N(Cc2cc(Cl)ccc2C(F)(F)F)CCN3)c1. The second-order valence-electron chi connectivity index (χ2n) is 10.1. The maximum absolute atomic E-state index is 13.7. The van der Waals surface area contributed by atoms with Crippen LogP contribution < -0.4 is 15.5 Å². The van der Waals surface area contributed by atoms with Gasteiger partial charge in [-0.3, -0.25) is 4.79 Å². The Bertz CT molecular complexity index is 1780. The molecule has 0 bridgehead atoms. The fourth-order valence-corrected chi connectivity index (χ4v) is 5.52. The van der Waals surface area contributed by atoms with Gasteiger partial charge in [-0.2, -0.15) is 13.2 Å². The average molecular weight is 587 g/mol. The van der Waals surface area contributed by atoms with Gasteiger partial charge in [0.05, 0.1) is 11.3 Å². The molecule has 5 aromatic rings. The monoisotopic (exact) mass is 586 g/mol. The van der Waals surface area contributed by atoms with Crippen molar-refractivity contribution in [2.24, 2.45) is 0 Å². The van der Waals surface area contributed by atoms with Crippen LogP contribution >= 0.6 is 11.6 Å². The molecular weight excluding hydrogens is 561 g/mol. The number of carbonyl (C=O) groups excluding carboxylic acids is 1. The smallest absolute Gasteiger partial charge is 0.367 e. The van der Waals surface area contributed by atoms with Gasteiger partial charge in [0, 0.05) is 48.5 Å². The Labute approximate surface area is 246 Å². The number of halogens is 4. The third-order valence-electron chi connectivity index (χ3n) is 7.39. The van der Waals surface area contributed by atoms with Gasteiger partial charge < -0.3 is 15.5 Å². The van der Waals surface area contributed by atoms with E-state index in [0.717, 1.165) is 33.5 Å². The quantitative estimate of drug-likeness (QED) is 0.212. The summed E-state index contributed by atoms with van der Waals surface area (Å²) in [5.74, 6) is 0.379. The molecule has 0 atom stereocenters. The van der Waals surface area contributed by atoms with E-state index in [0.29, 0.717) is 36.7 Å². The molecule has 9 heteroatoms. The minimum absolute atomic E-state index is 0.0197. The van der Waals surface area contributed by atoms with E-state index >= 15 is 0 Å². The van der Waals surface area contributed by atoms with Crippen LogP contribution in [0.4, 0.5) is 24.7 Å². The Balaban J connectivity index is 1.24. The summed E-state index contributed by atoms with van der Waals surface area (Å²) in [7, 11) is 0. The van der Waals surface area contributed by atoms with Gasteiger partial charge in [-0.1, -0.05) is 66.2 Å². The summed E-state index contributed by atoms with van der Waals surface area (Å²) in [5, 5.41) is 8.69. The zero-order chi connectivity index (χ0) is 29.3. The Morgan fingerprint density at radius 2 is 1.74 bits per heavy atom. The van der Waals surface area contributed by atoms with Crippen molar-refractivity contribution >= 4 is 39.8 Å². The van der Waals surface area contributed by atoms with E-state index in [-0.39, 0.29) is 23.0 Å². The molecule has 0 radical (unpaired) electrons. The molecule has 5 nitrogen and oxygen atoms in total. The molecule has 0 saturated carbocycles. The number of fused-ring (bicyclic) bond motifs is 2. The van der Waals surface area contributed by atoms with Crippen molar-refractivity contribution < 1.29 is 18.0 Å². The highest BCUT2D eigenvalue weighted by atomic mass is 35.5. The van der Waals surface area contributed by atoms with Crippen molar-refractivity contribution in [3.63, 3.8) is 0 Å². The third kappa shape index (κ3) is 5.76. The highest BCUT2D eigenvalue weighted by Crippen LogP contribution is 2.37. The zero-order valence-electron chi connectivity index (χ0n) is 22.4. The van der Waals surface area contributed by atoms with Crippen LogP contribution in [-0.4, -0.2) is 24.0 Å². The summed E-state index contributed by atoms with van der Waals surface area (Å²) in [6.07, 6.45) is -2.80. The molecule has 2 N–H and O–H groups in total. The summed E-state index contributed by atoms with van der Waals surface area (Å²) in [6.45, 7) is 1.42. The Kier molecular flexibility index (Phi) is 7.47. The molecule has 212 valence electrons. The first kappa shape index (κ1) is 27.6. The molecule has 2 heterocycles. The number of rotatable bonds is 6. The highest BCUT2D eigenvalue weighted by Gasteiger charge is 2.34. The van der Waals surface area contributed by atoms with Gasteiger partial charge in [0.1, 0.15) is 5.82 Å². The molecule has 6 rings (SSSR count). The number of anilines is 2. The molecule has 0 spiro atoms. The Morgan fingerprint density at radius 3 is 2.60 bits per heavy atom. The maximum Gasteiger partial charge on any atom is 0.416 e. The lowest BCUT2D eigenvalue weighted by atomic mass is 10.0. The molecule has 1 aliphatic rings. The van der Waals surface area contributed by atoms with Crippen LogP contribution in [0.2, 0.25) is 5.02 Å². The first-order valence-corrected chi connectivity index (χ1v) is 13.8. The Hall–Kier alpha value is -4.56. The fraction of sp³-hybridized carbons (Fsp3) is 0.152. The summed E-state index contributed by atoms with van der Waals surface area (Å²) in [4.78, 5) is 19.5. The van der Waals surface area contributed by atoms with Gasteiger partial charge in [-0.25, -0.2) is 4.98 Å². The number of benzene rings is 4. The minimum atomic E-state index is -4.49. The van der Waals surface area contributed by atoms with E-state index in [1.54, 1.807) is 24.4 Å². The van der Waals surface area contributed by atoms with Crippen LogP contribution in [0, 0.1) is 0 Å². The van der Waals surface area contributed by atoms with Crippen molar-refractivity contribution in [2.45, 2.75) is 19.3 Å². The van der Waals surface area contributed by atoms with Gasteiger partial charge in [-0.15, -0.1) is 0 Å². The molecular formula is C33H26ClF3N4O. The topological polar surface area (TPSA) is 57.3 Å². The van der Waals surface area contributed by atoms with Crippen LogP contribution in [-0.2, 0) is 19.3 Å². The fourth-order valence-electron chi connectivity index (χ4n) is 5.32. The van der Waals surface area contributed by atoms with Crippen LogP contribution in [0.1, 0.15) is 27.0 Å². The van der Waals surface area contributed by atoms with Crippen LogP contribution in [0.5, 0.6) is 0 Å². The molecule has 1 aromatic heterocycles. The van der Waals surface area contributed by atoms with E-state index in [4.69, 9.17) is 11.6 Å². The lowest BCUT2D eigenvalue weighted by Crippen LogP contribution is -2.34. The van der Waals surface area contributed by atoms with E-state index < -0.39 is 11.7 Å². The van der Waals surface area contributed by atoms with Crippen molar-refractivity contribution in [3.8, 4) is 11.1 Å². The second kappa shape index (κ2) is 11.4. The summed E-state index contributed by atoms with van der Waals surface area (Å²) < 4.78 is 41.2. The predicted octanol–water partition coefficient (Wildman–Crippen LogP) is 7.94. The van der Waals surface area contributed by atoms with Gasteiger partial charge >= 0.3 is 6.18 Å². The molecule has 0 unspecified atom stereocenters. The summed E-state index contributed by atoms with van der Waals surface area (Å²) >= 11 is 6.07. The minimum Gasteiger partial charge on any atom is -0.367 e. The average Bonchev–Trinajstić information content (AvgIpc) is 2.99. The van der Waals surface area contributed by atoms with Gasteiger partial charge in [0.2, 0.25) is 0 Å². The third-order valence-corrected chi connectivity index (χ3v) is 7.63. The van der Waals surface area contributed by atoms with E-state index in [9.17, 15) is 18.0 Å². The molecule has 0 saturated heterocycles. The molecule has 42 heavy (non-hydrogen) atoms. The number of nitrogens with one attached hydrogen (secondary N) is 2. The van der Waals surface area contributed by atoms with Crippen molar-refractivity contribution in [2.75, 3.05) is 23.3 Å². The summed E-state index contributed by atoms with van der Waals surface area (Å²) in [6, 6.07) is 26.8. The van der Waals surface area contributed by atoms with E-state index in [1.165, 1.54) is 12.1 Å². The van der Waals surface area contributed by atoms with Gasteiger partial charge in [0.25, 0.3) is 5.91 Å². The van der Waals surface area contributed by atoms with E-state index in [1.807, 2.05) is 59.5 Å². The van der Waals surface area contributed by atoms with Crippen LogP contribution in [0.15, 0.2) is 97.2 Å². The molecule has 1 amide bonds. The van der Waals surface area contributed by atoms with Crippen molar-refractivity contribution in [3.05, 3.63) is 124 Å². The standard InChI is InChI=1S/C33H26ClF3N4O/c34-27-11-12-29(33(35,36)37)26(16-27)20-41-14-13-38-31-30(41)17-25(19-39-31)22-7-4-8-23(15-22)32(42)40-18-24-9-3-6-21-5-1-2-10-28(21)24/h1-12,15-17,19H,13-14,18,20H2,(H,38,39)(H,40,42). The Morgan fingerprint density at radius 1 is 0.929 bits per heavy atom. The maximum atomic E-state index is 13.7. The number of carbonyl (C=O) groups is 1. The van der Waals surface area contributed by atoms with Gasteiger partial charge in [0.15, 0.2) is 0 Å². The van der Waals surface area contributed by atoms with Crippen molar-refractivity contribution in [1.82, 2.24) is 10.3 Å². The normalized spacial score (nSPS) is 13.0. The number of aromatic nitrogens is 1. The number of nitrogens with zero attached hydrogens (tertiary/aromatic N) is 2. The van der Waals surface area contributed by atoms with Crippen LogP contribution in [0.25, 0.3) is 21.9 Å². The number of alkyl halides is 3. The second-order valence-corrected chi connectivity index (χ2v) is 10.6. The lowest BCUT2D eigenvalue weighted by Gasteiger charge is -2.32. The van der Waals surface area contributed by atoms with Gasteiger partial charge in [-0.05, 0) is 63.9 Å². The summed E-state index contributed by atoms with van der Waals surface area (Å²) in [5.41, 5.74) is 3.10.